The van der Waals surface area contributed by atoms with Crippen molar-refractivity contribution in [3.8, 4) is 0 Å². The largest absolute Gasteiger partial charge is 0.350 e. The summed E-state index contributed by atoms with van der Waals surface area (Å²) < 4.78 is 3.20. The van der Waals surface area contributed by atoms with Crippen molar-refractivity contribution in [2.45, 2.75) is 38.3 Å². The molecule has 0 amide bonds. The molecule has 3 heterocycles. The van der Waals surface area contributed by atoms with Gasteiger partial charge in [-0.2, -0.15) is 0 Å². The Labute approximate surface area is 148 Å². The van der Waals surface area contributed by atoms with Crippen molar-refractivity contribution in [2.24, 2.45) is 5.92 Å². The van der Waals surface area contributed by atoms with Gasteiger partial charge in [0.05, 0.1) is 6.54 Å². The highest BCUT2D eigenvalue weighted by atomic mass is 35.5. The Morgan fingerprint density at radius 3 is 2.62 bits per heavy atom. The average molecular weight is 352 g/mol. The zero-order valence-electron chi connectivity index (χ0n) is 13.9. The first-order valence-electron chi connectivity index (χ1n) is 8.79. The molecule has 2 aromatic rings. The predicted molar refractivity (Wildman–Crippen MR) is 96.9 cm³/mol. The smallest absolute Gasteiger partial charge is 0.314 e. The molecule has 0 bridgehead atoms. The molecule has 1 N–H and O–H groups in total. The number of hydrogen-bond donors (Lipinski definition) is 1. The molecule has 0 unspecified atom stereocenters. The van der Waals surface area contributed by atoms with E-state index < -0.39 is 0 Å². The lowest BCUT2D eigenvalue weighted by Crippen LogP contribution is -2.44. The second-order valence-corrected chi connectivity index (χ2v) is 6.90. The number of fused-ring (bicyclic) bond motifs is 1. The summed E-state index contributed by atoms with van der Waals surface area (Å²) in [6.07, 6.45) is 7.04. The molecule has 1 aliphatic carbocycles. The van der Waals surface area contributed by atoms with Crippen LogP contribution in [0, 0.1) is 5.92 Å². The van der Waals surface area contributed by atoms with Crippen molar-refractivity contribution < 1.29 is 0 Å². The van der Waals surface area contributed by atoms with E-state index in [2.05, 4.69) is 15.3 Å². The minimum Gasteiger partial charge on any atom is -0.314 e. The van der Waals surface area contributed by atoms with Gasteiger partial charge in [0.2, 0.25) is 0 Å². The van der Waals surface area contributed by atoms with Crippen LogP contribution in [0.2, 0.25) is 0 Å². The summed E-state index contributed by atoms with van der Waals surface area (Å²) in [5.74, 6) is 0.954. The van der Waals surface area contributed by atoms with Crippen LogP contribution in [0.3, 0.4) is 0 Å². The minimum atomic E-state index is -0.0402. The molecule has 7 heteroatoms. The fourth-order valence-corrected chi connectivity index (χ4v) is 3.37. The maximum atomic E-state index is 12.2. The van der Waals surface area contributed by atoms with Crippen molar-refractivity contribution in [2.75, 3.05) is 26.2 Å². The molecule has 0 atom stereocenters. The third-order valence-corrected chi connectivity index (χ3v) is 5.10. The third-order valence-electron chi connectivity index (χ3n) is 5.10. The van der Waals surface area contributed by atoms with Crippen LogP contribution < -0.4 is 11.0 Å². The predicted octanol–water partition coefficient (Wildman–Crippen LogP) is 1.38. The molecule has 2 aromatic heterocycles. The molecular formula is C17H26ClN5O. The number of rotatable bonds is 6. The van der Waals surface area contributed by atoms with E-state index in [1.165, 1.54) is 32.2 Å². The Bertz CT molecular complexity index is 715. The molecular weight excluding hydrogens is 326 g/mol. The van der Waals surface area contributed by atoms with Gasteiger partial charge in [-0.1, -0.05) is 6.07 Å². The summed E-state index contributed by atoms with van der Waals surface area (Å²) in [6.45, 7) is 5.01. The molecule has 0 radical (unpaired) electrons. The quantitative estimate of drug-likeness (QED) is 0.854. The normalized spacial score (nSPS) is 19.5. The topological polar surface area (TPSA) is 54.6 Å². The lowest BCUT2D eigenvalue weighted by atomic mass is 10.0. The van der Waals surface area contributed by atoms with E-state index in [0.29, 0.717) is 12.6 Å². The molecule has 1 saturated carbocycles. The Hall–Kier alpha value is -1.37. The zero-order valence-corrected chi connectivity index (χ0v) is 14.7. The van der Waals surface area contributed by atoms with Gasteiger partial charge in [0.15, 0.2) is 5.65 Å². The van der Waals surface area contributed by atoms with Crippen molar-refractivity contribution in [3.63, 3.8) is 0 Å². The lowest BCUT2D eigenvalue weighted by molar-refractivity contribution is 0.188. The fraction of sp³-hybridized carbons (Fsp3) is 0.647. The standard InChI is InChI=1S/C17H25N5O.ClH/c23-17-21-8-2-1-3-16(21)19-22(17)12-11-20-9-6-15(7-10-20)18-13-14-4-5-14;/h1-3,8,14-15,18H,4-7,9-13H2;1H. The maximum Gasteiger partial charge on any atom is 0.350 e. The number of pyridine rings is 1. The molecule has 1 saturated heterocycles. The summed E-state index contributed by atoms with van der Waals surface area (Å²) in [5.41, 5.74) is 0.682. The van der Waals surface area contributed by atoms with Crippen LogP contribution in [0.25, 0.3) is 5.65 Å². The SMILES string of the molecule is Cl.O=c1n(CCN2CCC(NCC3CC3)CC2)nc2ccccn12. The third kappa shape index (κ3) is 3.99. The van der Waals surface area contributed by atoms with E-state index in [4.69, 9.17) is 0 Å². The minimum absolute atomic E-state index is 0. The highest BCUT2D eigenvalue weighted by Crippen LogP contribution is 2.28. The Balaban J connectivity index is 0.00000169. The molecule has 132 valence electrons. The second-order valence-electron chi connectivity index (χ2n) is 6.90. The van der Waals surface area contributed by atoms with Crippen LogP contribution in [-0.2, 0) is 6.54 Å². The van der Waals surface area contributed by atoms with Gasteiger partial charge in [0.1, 0.15) is 0 Å². The van der Waals surface area contributed by atoms with Crippen molar-refractivity contribution in [1.82, 2.24) is 24.4 Å². The van der Waals surface area contributed by atoms with E-state index in [1.807, 2.05) is 18.2 Å². The number of likely N-dealkylation sites (tertiary alicyclic amines) is 1. The number of aromatic nitrogens is 3. The van der Waals surface area contributed by atoms with E-state index in [1.54, 1.807) is 15.3 Å². The number of halogens is 1. The number of nitrogens with one attached hydrogen (secondary N) is 1. The van der Waals surface area contributed by atoms with Crippen molar-refractivity contribution in [3.05, 3.63) is 34.9 Å². The van der Waals surface area contributed by atoms with Crippen LogP contribution in [-0.4, -0.2) is 51.3 Å². The molecule has 2 fully saturated rings. The molecule has 4 rings (SSSR count). The molecule has 6 nitrogen and oxygen atoms in total. The van der Waals surface area contributed by atoms with E-state index >= 15 is 0 Å². The number of hydrogen-bond acceptors (Lipinski definition) is 4. The summed E-state index contributed by atoms with van der Waals surface area (Å²) in [6, 6.07) is 6.32. The fourth-order valence-electron chi connectivity index (χ4n) is 3.37. The summed E-state index contributed by atoms with van der Waals surface area (Å²) in [7, 11) is 0. The summed E-state index contributed by atoms with van der Waals surface area (Å²) in [5, 5.41) is 8.10. The molecule has 2 aliphatic rings. The van der Waals surface area contributed by atoms with Crippen molar-refractivity contribution in [1.29, 1.82) is 0 Å². The zero-order chi connectivity index (χ0) is 15.6. The Kier molecular flexibility index (Phi) is 5.58. The van der Waals surface area contributed by atoms with Gasteiger partial charge in [-0.05, 0) is 63.4 Å². The molecule has 0 aromatic carbocycles. The maximum absolute atomic E-state index is 12.2. The van der Waals surface area contributed by atoms with Gasteiger partial charge < -0.3 is 10.2 Å². The van der Waals surface area contributed by atoms with Crippen LogP contribution in [0.15, 0.2) is 29.2 Å². The monoisotopic (exact) mass is 351 g/mol. The van der Waals surface area contributed by atoms with Gasteiger partial charge in [-0.25, -0.2) is 9.48 Å². The van der Waals surface area contributed by atoms with E-state index in [9.17, 15) is 4.79 Å². The Morgan fingerprint density at radius 1 is 1.12 bits per heavy atom. The molecule has 24 heavy (non-hydrogen) atoms. The van der Waals surface area contributed by atoms with Gasteiger partial charge in [-0.15, -0.1) is 17.5 Å². The van der Waals surface area contributed by atoms with Crippen LogP contribution >= 0.6 is 12.4 Å². The molecule has 1 aliphatic heterocycles. The number of piperidine rings is 1. The van der Waals surface area contributed by atoms with E-state index in [0.717, 1.165) is 31.2 Å². The van der Waals surface area contributed by atoms with Gasteiger partial charge in [-0.3, -0.25) is 4.40 Å². The highest BCUT2D eigenvalue weighted by Gasteiger charge is 2.24. The summed E-state index contributed by atoms with van der Waals surface area (Å²) in [4.78, 5) is 14.7. The first-order chi connectivity index (χ1) is 11.3. The first kappa shape index (κ1) is 17.5. The Morgan fingerprint density at radius 2 is 1.92 bits per heavy atom. The number of nitrogens with zero attached hydrogens (tertiary/aromatic N) is 4. The van der Waals surface area contributed by atoms with E-state index in [-0.39, 0.29) is 18.1 Å². The van der Waals surface area contributed by atoms with Crippen LogP contribution in [0.5, 0.6) is 0 Å². The van der Waals surface area contributed by atoms with Crippen molar-refractivity contribution >= 4 is 18.1 Å². The van der Waals surface area contributed by atoms with Gasteiger partial charge in [0, 0.05) is 18.8 Å². The summed E-state index contributed by atoms with van der Waals surface area (Å²) >= 11 is 0. The highest BCUT2D eigenvalue weighted by molar-refractivity contribution is 5.85. The average Bonchev–Trinajstić information content (AvgIpc) is 3.36. The van der Waals surface area contributed by atoms with Gasteiger partial charge in [0.25, 0.3) is 0 Å². The second kappa shape index (κ2) is 7.68. The van der Waals surface area contributed by atoms with Crippen LogP contribution in [0.4, 0.5) is 0 Å². The van der Waals surface area contributed by atoms with Gasteiger partial charge >= 0.3 is 5.69 Å². The lowest BCUT2D eigenvalue weighted by Gasteiger charge is -2.32. The van der Waals surface area contributed by atoms with Crippen LogP contribution in [0.1, 0.15) is 25.7 Å². The molecule has 0 spiro atoms. The first-order valence-corrected chi connectivity index (χ1v) is 8.79.